The maximum atomic E-state index is 12.5. The molecule has 1 amide bonds. The van der Waals surface area contributed by atoms with Gasteiger partial charge in [0.25, 0.3) is 5.91 Å². The van der Waals surface area contributed by atoms with Gasteiger partial charge in [-0.1, -0.05) is 25.1 Å². The number of benzene rings is 1. The standard InChI is InChI=1S/C18H21N3O5/c1-4-10(2)15-20-17(26-21-15)14(8-11(3)22)19-16(23)12-6-5-7-13(9-12)18(24)25/h5-7,9-10,14H,4,8H2,1-3H3,(H,19,23)(H,24,25)/t10-,14-/m0/s1. The number of rotatable bonds is 8. The molecule has 8 nitrogen and oxygen atoms in total. The van der Waals surface area contributed by atoms with Gasteiger partial charge in [0.05, 0.1) is 5.56 Å². The summed E-state index contributed by atoms with van der Waals surface area (Å²) in [4.78, 5) is 39.4. The molecule has 0 saturated carbocycles. The van der Waals surface area contributed by atoms with Gasteiger partial charge < -0.3 is 14.9 Å². The van der Waals surface area contributed by atoms with Gasteiger partial charge in [-0.05, 0) is 31.5 Å². The summed E-state index contributed by atoms with van der Waals surface area (Å²) in [7, 11) is 0. The number of aromatic nitrogens is 2. The normalized spacial score (nSPS) is 13.0. The molecule has 26 heavy (non-hydrogen) atoms. The van der Waals surface area contributed by atoms with Gasteiger partial charge in [-0.3, -0.25) is 9.59 Å². The van der Waals surface area contributed by atoms with Gasteiger partial charge in [0.2, 0.25) is 5.89 Å². The molecule has 8 heteroatoms. The number of nitrogens with one attached hydrogen (secondary N) is 1. The highest BCUT2D eigenvalue weighted by atomic mass is 16.5. The summed E-state index contributed by atoms with van der Waals surface area (Å²) < 4.78 is 5.23. The summed E-state index contributed by atoms with van der Waals surface area (Å²) >= 11 is 0. The van der Waals surface area contributed by atoms with Crippen molar-refractivity contribution in [1.82, 2.24) is 15.5 Å². The molecular formula is C18H21N3O5. The molecule has 0 unspecified atom stereocenters. The van der Waals surface area contributed by atoms with Crippen LogP contribution >= 0.6 is 0 Å². The van der Waals surface area contributed by atoms with E-state index in [4.69, 9.17) is 9.63 Å². The van der Waals surface area contributed by atoms with Crippen molar-refractivity contribution in [2.75, 3.05) is 0 Å². The van der Waals surface area contributed by atoms with Gasteiger partial charge in [-0.2, -0.15) is 4.98 Å². The van der Waals surface area contributed by atoms with E-state index in [1.165, 1.54) is 31.2 Å². The fourth-order valence-electron chi connectivity index (χ4n) is 2.29. The van der Waals surface area contributed by atoms with Gasteiger partial charge in [-0.25, -0.2) is 4.79 Å². The van der Waals surface area contributed by atoms with Crippen LogP contribution < -0.4 is 5.32 Å². The first kappa shape index (κ1) is 19.3. The Morgan fingerprint density at radius 1 is 1.27 bits per heavy atom. The largest absolute Gasteiger partial charge is 0.478 e. The molecule has 0 saturated heterocycles. The van der Waals surface area contributed by atoms with Crippen LogP contribution in [0.25, 0.3) is 0 Å². The van der Waals surface area contributed by atoms with Crippen LogP contribution in [0.3, 0.4) is 0 Å². The van der Waals surface area contributed by atoms with Crippen molar-refractivity contribution in [3.8, 4) is 0 Å². The molecule has 138 valence electrons. The zero-order valence-electron chi connectivity index (χ0n) is 14.9. The minimum absolute atomic E-state index is 0.00221. The molecule has 0 fully saturated rings. The second kappa shape index (κ2) is 8.37. The molecule has 1 aromatic carbocycles. The number of carbonyl (C=O) groups excluding carboxylic acids is 2. The lowest BCUT2D eigenvalue weighted by atomic mass is 10.1. The summed E-state index contributed by atoms with van der Waals surface area (Å²) in [6, 6.07) is 4.85. The van der Waals surface area contributed by atoms with E-state index in [-0.39, 0.29) is 35.1 Å². The van der Waals surface area contributed by atoms with Crippen LogP contribution in [-0.4, -0.2) is 32.9 Å². The fourth-order valence-corrected chi connectivity index (χ4v) is 2.29. The molecule has 1 aromatic heterocycles. The lowest BCUT2D eigenvalue weighted by Crippen LogP contribution is -2.30. The molecule has 2 rings (SSSR count). The third kappa shape index (κ3) is 4.75. The molecule has 2 atom stereocenters. The highest BCUT2D eigenvalue weighted by Gasteiger charge is 2.24. The second-order valence-corrected chi connectivity index (χ2v) is 6.12. The molecule has 0 radical (unpaired) electrons. The first-order valence-electron chi connectivity index (χ1n) is 8.29. The van der Waals surface area contributed by atoms with Gasteiger partial charge in [0.15, 0.2) is 5.82 Å². The SMILES string of the molecule is CC[C@H](C)c1noc([C@H](CC(C)=O)NC(=O)c2cccc(C(=O)O)c2)n1. The number of Topliss-reactive ketones (excluding diaryl/α,β-unsaturated/α-hetero) is 1. The van der Waals surface area contributed by atoms with E-state index in [2.05, 4.69) is 15.5 Å². The van der Waals surface area contributed by atoms with E-state index in [1.807, 2.05) is 13.8 Å². The van der Waals surface area contributed by atoms with Crippen LogP contribution in [0.1, 0.15) is 78.0 Å². The highest BCUT2D eigenvalue weighted by Crippen LogP contribution is 2.21. The maximum Gasteiger partial charge on any atom is 0.335 e. The summed E-state index contributed by atoms with van der Waals surface area (Å²) in [6.45, 7) is 5.34. The Kier molecular flexibility index (Phi) is 6.21. The number of ketones is 1. The van der Waals surface area contributed by atoms with Crippen molar-refractivity contribution < 1.29 is 24.0 Å². The summed E-state index contributed by atoms with van der Waals surface area (Å²) in [5, 5.41) is 15.6. The van der Waals surface area contributed by atoms with E-state index < -0.39 is 17.9 Å². The van der Waals surface area contributed by atoms with Gasteiger partial charge in [0, 0.05) is 17.9 Å². The Balaban J connectivity index is 2.23. The van der Waals surface area contributed by atoms with Crippen LogP contribution in [0, 0.1) is 0 Å². The quantitative estimate of drug-likeness (QED) is 0.743. The second-order valence-electron chi connectivity index (χ2n) is 6.12. The third-order valence-corrected chi connectivity index (χ3v) is 3.98. The van der Waals surface area contributed by atoms with Crippen molar-refractivity contribution in [2.45, 2.75) is 45.6 Å². The Morgan fingerprint density at radius 2 is 1.96 bits per heavy atom. The summed E-state index contributed by atoms with van der Waals surface area (Å²) in [6.07, 6.45) is 0.817. The predicted molar refractivity (Wildman–Crippen MR) is 91.9 cm³/mol. The number of hydrogen-bond donors (Lipinski definition) is 2. The lowest BCUT2D eigenvalue weighted by molar-refractivity contribution is -0.117. The van der Waals surface area contributed by atoms with Gasteiger partial charge in [0.1, 0.15) is 11.8 Å². The number of hydrogen-bond acceptors (Lipinski definition) is 6. The first-order chi connectivity index (χ1) is 12.3. The Morgan fingerprint density at radius 3 is 2.58 bits per heavy atom. The van der Waals surface area contributed by atoms with E-state index in [0.29, 0.717) is 5.82 Å². The van der Waals surface area contributed by atoms with Gasteiger partial charge >= 0.3 is 5.97 Å². The number of carbonyl (C=O) groups is 3. The minimum atomic E-state index is -1.13. The first-order valence-corrected chi connectivity index (χ1v) is 8.29. The zero-order valence-corrected chi connectivity index (χ0v) is 14.9. The van der Waals surface area contributed by atoms with Crippen molar-refractivity contribution in [3.05, 3.63) is 47.1 Å². The number of carboxylic acid groups (broad SMARTS) is 1. The summed E-state index contributed by atoms with van der Waals surface area (Å²) in [5.41, 5.74) is 0.165. The Labute approximate surface area is 150 Å². The lowest BCUT2D eigenvalue weighted by Gasteiger charge is -2.14. The van der Waals surface area contributed by atoms with Crippen LogP contribution in [0.4, 0.5) is 0 Å². The topological polar surface area (TPSA) is 122 Å². The predicted octanol–water partition coefficient (Wildman–Crippen LogP) is 2.73. The van der Waals surface area contributed by atoms with Crippen molar-refractivity contribution in [2.24, 2.45) is 0 Å². The number of nitrogens with zero attached hydrogens (tertiary/aromatic N) is 2. The molecule has 0 aliphatic rings. The molecule has 0 aliphatic carbocycles. The van der Waals surface area contributed by atoms with Crippen LogP contribution in [0.5, 0.6) is 0 Å². The minimum Gasteiger partial charge on any atom is -0.478 e. The molecule has 2 N–H and O–H groups in total. The summed E-state index contributed by atoms with van der Waals surface area (Å²) in [5.74, 6) is -1.06. The average Bonchev–Trinajstić information content (AvgIpc) is 3.10. The van der Waals surface area contributed by atoms with E-state index in [1.54, 1.807) is 0 Å². The van der Waals surface area contributed by atoms with E-state index in [9.17, 15) is 14.4 Å². The number of aromatic carboxylic acids is 1. The Bertz CT molecular complexity index is 815. The van der Waals surface area contributed by atoms with Crippen LogP contribution in [0.2, 0.25) is 0 Å². The zero-order chi connectivity index (χ0) is 19.3. The van der Waals surface area contributed by atoms with Gasteiger partial charge in [-0.15, -0.1) is 0 Å². The molecule has 1 heterocycles. The number of amides is 1. The molecule has 0 aliphatic heterocycles. The molecule has 2 aromatic rings. The third-order valence-electron chi connectivity index (χ3n) is 3.98. The van der Waals surface area contributed by atoms with E-state index in [0.717, 1.165) is 6.42 Å². The molecular weight excluding hydrogens is 338 g/mol. The van der Waals surface area contributed by atoms with Crippen LogP contribution in [0.15, 0.2) is 28.8 Å². The van der Waals surface area contributed by atoms with E-state index >= 15 is 0 Å². The average molecular weight is 359 g/mol. The molecule has 0 bridgehead atoms. The smallest absolute Gasteiger partial charge is 0.335 e. The highest BCUT2D eigenvalue weighted by molar-refractivity contribution is 5.97. The monoisotopic (exact) mass is 359 g/mol. The fraction of sp³-hybridized carbons (Fsp3) is 0.389. The molecule has 0 spiro atoms. The maximum absolute atomic E-state index is 12.5. The van der Waals surface area contributed by atoms with Crippen molar-refractivity contribution in [1.29, 1.82) is 0 Å². The van der Waals surface area contributed by atoms with Crippen LogP contribution in [-0.2, 0) is 4.79 Å². The Hall–Kier alpha value is -3.03. The van der Waals surface area contributed by atoms with Crippen molar-refractivity contribution >= 4 is 17.7 Å². The van der Waals surface area contributed by atoms with Crippen molar-refractivity contribution in [3.63, 3.8) is 0 Å². The number of carboxylic acids is 1.